The summed E-state index contributed by atoms with van der Waals surface area (Å²) >= 11 is 0. The van der Waals surface area contributed by atoms with Gasteiger partial charge in [-0.15, -0.1) is 0 Å². The Balaban J connectivity index is 1.80. The Hall–Kier alpha value is -2.95. The van der Waals surface area contributed by atoms with Gasteiger partial charge in [-0.25, -0.2) is 4.98 Å². The van der Waals surface area contributed by atoms with Crippen LogP contribution in [0.15, 0.2) is 24.7 Å². The van der Waals surface area contributed by atoms with Crippen LogP contribution in [-0.4, -0.2) is 32.2 Å². The van der Waals surface area contributed by atoms with Crippen molar-refractivity contribution in [2.24, 2.45) is 5.41 Å². The first kappa shape index (κ1) is 17.9. The van der Waals surface area contributed by atoms with E-state index in [2.05, 4.69) is 47.2 Å². The molecule has 0 aliphatic carbocycles. The lowest BCUT2D eigenvalue weighted by Crippen LogP contribution is -2.33. The monoisotopic (exact) mass is 353 g/mol. The lowest BCUT2D eigenvalue weighted by molar-refractivity contribution is -0.123. The molecular formula is C18H23N7O. The average Bonchev–Trinajstić information content (AvgIpc) is 3.20. The molecule has 2 aromatic rings. The zero-order valence-corrected chi connectivity index (χ0v) is 15.5. The number of hydrogen-bond donors (Lipinski definition) is 1. The van der Waals surface area contributed by atoms with Crippen LogP contribution in [0.4, 0.5) is 17.5 Å². The first-order valence-corrected chi connectivity index (χ1v) is 8.67. The molecule has 26 heavy (non-hydrogen) atoms. The summed E-state index contributed by atoms with van der Waals surface area (Å²) in [5, 5.41) is 16.9. The molecule has 1 aliphatic rings. The molecule has 1 unspecified atom stereocenters. The Morgan fingerprint density at radius 1 is 1.42 bits per heavy atom. The van der Waals surface area contributed by atoms with E-state index in [1.807, 2.05) is 17.8 Å². The summed E-state index contributed by atoms with van der Waals surface area (Å²) in [6.07, 6.45) is 6.21. The SMILES string of the molecule is CCC1(C#N)CCN(c2ccnc(Nc3cnn(C(C)(C)C)c3)n2)C1=O. The van der Waals surface area contributed by atoms with Crippen molar-refractivity contribution in [3.05, 3.63) is 24.7 Å². The zero-order valence-electron chi connectivity index (χ0n) is 15.5. The molecule has 0 radical (unpaired) electrons. The van der Waals surface area contributed by atoms with Gasteiger partial charge in [-0.05, 0) is 39.7 Å². The maximum Gasteiger partial charge on any atom is 0.248 e. The Labute approximate surface area is 152 Å². The molecule has 8 heteroatoms. The van der Waals surface area contributed by atoms with E-state index in [0.29, 0.717) is 31.2 Å². The molecule has 1 amide bonds. The normalized spacial score (nSPS) is 20.3. The van der Waals surface area contributed by atoms with Crippen molar-refractivity contribution in [2.45, 2.75) is 46.1 Å². The van der Waals surface area contributed by atoms with E-state index in [0.717, 1.165) is 5.69 Å². The Morgan fingerprint density at radius 2 is 2.19 bits per heavy atom. The van der Waals surface area contributed by atoms with Crippen molar-refractivity contribution in [1.29, 1.82) is 5.26 Å². The fourth-order valence-corrected chi connectivity index (χ4v) is 2.94. The standard InChI is InChI=1S/C18H23N7O/c1-5-18(12-19)7-9-24(15(18)26)14-6-8-20-16(23-14)22-13-10-21-25(11-13)17(2,3)4/h6,8,10-11H,5,7,9H2,1-4H3,(H,20,22,23). The first-order valence-electron chi connectivity index (χ1n) is 8.67. The van der Waals surface area contributed by atoms with E-state index < -0.39 is 5.41 Å². The number of nitrogens with one attached hydrogen (secondary N) is 1. The summed E-state index contributed by atoms with van der Waals surface area (Å²) in [7, 11) is 0. The van der Waals surface area contributed by atoms with Crippen LogP contribution in [0.2, 0.25) is 0 Å². The van der Waals surface area contributed by atoms with Gasteiger partial charge in [-0.1, -0.05) is 6.92 Å². The predicted molar refractivity (Wildman–Crippen MR) is 97.8 cm³/mol. The van der Waals surface area contributed by atoms with Gasteiger partial charge in [0, 0.05) is 18.9 Å². The number of anilines is 3. The molecule has 0 aromatic carbocycles. The summed E-state index contributed by atoms with van der Waals surface area (Å²) in [6.45, 7) is 8.54. The van der Waals surface area contributed by atoms with Crippen molar-refractivity contribution in [3.63, 3.8) is 0 Å². The zero-order chi connectivity index (χ0) is 18.9. The maximum atomic E-state index is 12.7. The Kier molecular flexibility index (Phi) is 4.40. The van der Waals surface area contributed by atoms with Gasteiger partial charge in [0.2, 0.25) is 11.9 Å². The van der Waals surface area contributed by atoms with Crippen molar-refractivity contribution < 1.29 is 4.79 Å². The molecule has 0 saturated carbocycles. The molecular weight excluding hydrogens is 330 g/mol. The van der Waals surface area contributed by atoms with Gasteiger partial charge in [0.1, 0.15) is 11.2 Å². The molecule has 8 nitrogen and oxygen atoms in total. The van der Waals surface area contributed by atoms with Crippen LogP contribution in [0, 0.1) is 16.7 Å². The molecule has 2 aromatic heterocycles. The van der Waals surface area contributed by atoms with E-state index >= 15 is 0 Å². The van der Waals surface area contributed by atoms with Crippen molar-refractivity contribution in [2.75, 3.05) is 16.8 Å². The van der Waals surface area contributed by atoms with Gasteiger partial charge in [-0.3, -0.25) is 14.4 Å². The second-order valence-corrected chi connectivity index (χ2v) is 7.46. The summed E-state index contributed by atoms with van der Waals surface area (Å²) in [5.74, 6) is 0.698. The molecule has 1 atom stereocenters. The minimum atomic E-state index is -0.938. The number of nitriles is 1. The van der Waals surface area contributed by atoms with Crippen LogP contribution >= 0.6 is 0 Å². The number of aromatic nitrogens is 4. The predicted octanol–water partition coefficient (Wildman–Crippen LogP) is 2.83. The smallest absolute Gasteiger partial charge is 0.248 e. The second kappa shape index (κ2) is 6.41. The van der Waals surface area contributed by atoms with Crippen molar-refractivity contribution in [1.82, 2.24) is 19.7 Å². The fraction of sp³-hybridized carbons (Fsp3) is 0.500. The molecule has 3 rings (SSSR count). The van der Waals surface area contributed by atoms with Gasteiger partial charge >= 0.3 is 0 Å². The molecule has 136 valence electrons. The Bertz CT molecular complexity index is 861. The van der Waals surface area contributed by atoms with E-state index in [9.17, 15) is 10.1 Å². The molecule has 1 N–H and O–H groups in total. The van der Waals surface area contributed by atoms with Gasteiger partial charge in [0.15, 0.2) is 0 Å². The van der Waals surface area contributed by atoms with Gasteiger partial charge in [-0.2, -0.15) is 15.3 Å². The van der Waals surface area contributed by atoms with Gasteiger partial charge < -0.3 is 5.32 Å². The third-order valence-electron chi connectivity index (χ3n) is 4.68. The third kappa shape index (κ3) is 3.12. The van der Waals surface area contributed by atoms with Crippen LogP contribution in [0.3, 0.4) is 0 Å². The van der Waals surface area contributed by atoms with E-state index in [1.165, 1.54) is 0 Å². The van der Waals surface area contributed by atoms with E-state index in [1.54, 1.807) is 23.4 Å². The van der Waals surface area contributed by atoms with Crippen LogP contribution in [-0.2, 0) is 10.3 Å². The van der Waals surface area contributed by atoms with Crippen LogP contribution < -0.4 is 10.2 Å². The lowest BCUT2D eigenvalue weighted by atomic mass is 9.85. The summed E-state index contributed by atoms with van der Waals surface area (Å²) in [6, 6.07) is 3.87. The molecule has 1 aliphatic heterocycles. The van der Waals surface area contributed by atoms with Crippen LogP contribution in [0.25, 0.3) is 0 Å². The van der Waals surface area contributed by atoms with Gasteiger partial charge in [0.25, 0.3) is 0 Å². The largest absolute Gasteiger partial charge is 0.321 e. The Morgan fingerprint density at radius 3 is 2.77 bits per heavy atom. The topological polar surface area (TPSA) is 99.7 Å². The second-order valence-electron chi connectivity index (χ2n) is 7.46. The molecule has 1 saturated heterocycles. The highest BCUT2D eigenvalue weighted by Crippen LogP contribution is 2.36. The highest BCUT2D eigenvalue weighted by molar-refractivity contribution is 6.01. The number of amides is 1. The van der Waals surface area contributed by atoms with Crippen molar-refractivity contribution in [3.8, 4) is 6.07 Å². The lowest BCUT2D eigenvalue weighted by Gasteiger charge is -2.19. The summed E-state index contributed by atoms with van der Waals surface area (Å²) in [5.41, 5.74) is -0.289. The number of nitrogens with zero attached hydrogens (tertiary/aromatic N) is 6. The van der Waals surface area contributed by atoms with Gasteiger partial charge in [0.05, 0.1) is 23.5 Å². The number of rotatable bonds is 4. The maximum absolute atomic E-state index is 12.7. The van der Waals surface area contributed by atoms with E-state index in [-0.39, 0.29) is 11.4 Å². The number of carbonyl (C=O) groups excluding carboxylic acids is 1. The number of carbonyl (C=O) groups is 1. The van der Waals surface area contributed by atoms with Crippen molar-refractivity contribution >= 4 is 23.4 Å². The molecule has 0 bridgehead atoms. The number of hydrogen-bond acceptors (Lipinski definition) is 6. The summed E-state index contributed by atoms with van der Waals surface area (Å²) in [4.78, 5) is 22.9. The first-order chi connectivity index (χ1) is 12.3. The van der Waals surface area contributed by atoms with E-state index in [4.69, 9.17) is 0 Å². The third-order valence-corrected chi connectivity index (χ3v) is 4.68. The molecule has 3 heterocycles. The molecule has 1 fully saturated rings. The quantitative estimate of drug-likeness (QED) is 0.907. The highest BCUT2D eigenvalue weighted by atomic mass is 16.2. The average molecular weight is 353 g/mol. The van der Waals surface area contributed by atoms with Crippen LogP contribution in [0.5, 0.6) is 0 Å². The summed E-state index contributed by atoms with van der Waals surface area (Å²) < 4.78 is 1.85. The molecule has 0 spiro atoms. The highest BCUT2D eigenvalue weighted by Gasteiger charge is 2.46. The minimum Gasteiger partial charge on any atom is -0.321 e. The minimum absolute atomic E-state index is 0.120. The fourth-order valence-electron chi connectivity index (χ4n) is 2.94. The van der Waals surface area contributed by atoms with Crippen LogP contribution in [0.1, 0.15) is 40.5 Å².